The topological polar surface area (TPSA) is 40.6 Å². The summed E-state index contributed by atoms with van der Waals surface area (Å²) in [6.45, 7) is 4.93. The second kappa shape index (κ2) is 5.98. The van der Waals surface area contributed by atoms with Crippen LogP contribution in [0.1, 0.15) is 65.2 Å². The number of hydrogen-bond donors (Lipinski definition) is 0. The largest absolute Gasteiger partial charge is 0.329 e. The molecule has 2 atom stereocenters. The van der Waals surface area contributed by atoms with Crippen molar-refractivity contribution in [3.05, 3.63) is 0 Å². The van der Waals surface area contributed by atoms with Gasteiger partial charge in [-0.1, -0.05) is 33.1 Å². The summed E-state index contributed by atoms with van der Waals surface area (Å²) in [6, 6.07) is -0.0928. The summed E-state index contributed by atoms with van der Waals surface area (Å²) < 4.78 is 0. The van der Waals surface area contributed by atoms with Gasteiger partial charge in [-0.3, -0.25) is 9.59 Å². The van der Waals surface area contributed by atoms with Crippen LogP contribution in [0.15, 0.2) is 0 Å². The third-order valence-electron chi connectivity index (χ3n) is 5.48. The molecule has 2 aliphatic heterocycles. The van der Waals surface area contributed by atoms with Crippen molar-refractivity contribution >= 4 is 11.8 Å². The van der Waals surface area contributed by atoms with E-state index < -0.39 is 0 Å². The fourth-order valence-corrected chi connectivity index (χ4v) is 4.42. The maximum Gasteiger partial charge on any atom is 0.246 e. The van der Waals surface area contributed by atoms with E-state index in [-0.39, 0.29) is 29.8 Å². The van der Waals surface area contributed by atoms with E-state index in [2.05, 4.69) is 13.8 Å². The molecule has 0 N–H and O–H groups in total. The molecule has 3 fully saturated rings. The summed E-state index contributed by atoms with van der Waals surface area (Å²) in [5.74, 6) is 0.644. The molecule has 2 heterocycles. The van der Waals surface area contributed by atoms with E-state index in [9.17, 15) is 9.59 Å². The fourth-order valence-electron chi connectivity index (χ4n) is 4.42. The zero-order valence-corrected chi connectivity index (χ0v) is 13.4. The van der Waals surface area contributed by atoms with Crippen molar-refractivity contribution in [2.24, 2.45) is 5.92 Å². The molecule has 21 heavy (non-hydrogen) atoms. The molecule has 3 aliphatic rings. The summed E-state index contributed by atoms with van der Waals surface area (Å²) in [6.07, 6.45) is 8.80. The third kappa shape index (κ3) is 2.58. The molecule has 2 saturated heterocycles. The van der Waals surface area contributed by atoms with Crippen LogP contribution in [0.3, 0.4) is 0 Å². The van der Waals surface area contributed by atoms with Crippen molar-refractivity contribution in [2.75, 3.05) is 6.54 Å². The summed E-state index contributed by atoms with van der Waals surface area (Å²) in [5.41, 5.74) is 0. The number of rotatable bonds is 2. The molecule has 2 unspecified atom stereocenters. The molecule has 118 valence electrons. The van der Waals surface area contributed by atoms with Gasteiger partial charge in [-0.05, 0) is 38.0 Å². The Labute approximate surface area is 127 Å². The Hall–Kier alpha value is -1.06. The number of nitrogens with zero attached hydrogens (tertiary/aromatic N) is 2. The van der Waals surface area contributed by atoms with Crippen molar-refractivity contribution in [3.8, 4) is 0 Å². The minimum absolute atomic E-state index is 0.164. The molecule has 1 saturated carbocycles. The highest BCUT2D eigenvalue weighted by Crippen LogP contribution is 2.34. The SMILES string of the molecule is CC(C)C1C(=O)N2CCCCC2C(=O)N1C1CCCCC1. The van der Waals surface area contributed by atoms with Gasteiger partial charge >= 0.3 is 0 Å². The normalized spacial score (nSPS) is 31.8. The minimum Gasteiger partial charge on any atom is -0.329 e. The van der Waals surface area contributed by atoms with E-state index in [1.54, 1.807) is 0 Å². The number of fused-ring (bicyclic) bond motifs is 1. The molecule has 0 aromatic rings. The van der Waals surface area contributed by atoms with E-state index in [1.807, 2.05) is 9.80 Å². The van der Waals surface area contributed by atoms with Crippen LogP contribution in [0.25, 0.3) is 0 Å². The molecule has 3 rings (SSSR count). The monoisotopic (exact) mass is 292 g/mol. The zero-order chi connectivity index (χ0) is 15.0. The molecular weight excluding hydrogens is 264 g/mol. The van der Waals surface area contributed by atoms with Crippen LogP contribution in [-0.4, -0.2) is 46.3 Å². The van der Waals surface area contributed by atoms with Crippen LogP contribution in [-0.2, 0) is 9.59 Å². The van der Waals surface area contributed by atoms with Gasteiger partial charge in [0, 0.05) is 12.6 Å². The Balaban J connectivity index is 1.90. The highest BCUT2D eigenvalue weighted by molar-refractivity contribution is 5.97. The van der Waals surface area contributed by atoms with Gasteiger partial charge in [0.1, 0.15) is 12.1 Å². The highest BCUT2D eigenvalue weighted by atomic mass is 16.2. The second-order valence-corrected chi connectivity index (χ2v) is 7.27. The molecule has 0 aromatic carbocycles. The molecule has 2 amide bonds. The number of piperazine rings is 1. The highest BCUT2D eigenvalue weighted by Gasteiger charge is 2.49. The lowest BCUT2D eigenvalue weighted by Crippen LogP contribution is -2.69. The Kier molecular flexibility index (Phi) is 4.23. The van der Waals surface area contributed by atoms with Gasteiger partial charge in [0.25, 0.3) is 0 Å². The van der Waals surface area contributed by atoms with Gasteiger partial charge < -0.3 is 9.80 Å². The molecule has 4 heteroatoms. The standard InChI is InChI=1S/C17H28N2O2/c1-12(2)15-17(21)18-11-7-6-10-14(18)16(20)19(15)13-8-4-3-5-9-13/h12-15H,3-11H2,1-2H3. The third-order valence-corrected chi connectivity index (χ3v) is 5.48. The molecule has 1 aliphatic carbocycles. The van der Waals surface area contributed by atoms with Crippen LogP contribution in [0.2, 0.25) is 0 Å². The molecule has 0 radical (unpaired) electrons. The summed E-state index contributed by atoms with van der Waals surface area (Å²) in [4.78, 5) is 29.9. The average Bonchev–Trinajstić information content (AvgIpc) is 2.51. The Morgan fingerprint density at radius 2 is 1.57 bits per heavy atom. The predicted molar refractivity (Wildman–Crippen MR) is 81.7 cm³/mol. The molecule has 4 nitrogen and oxygen atoms in total. The van der Waals surface area contributed by atoms with Gasteiger partial charge in [-0.25, -0.2) is 0 Å². The first kappa shape index (κ1) is 14.9. The van der Waals surface area contributed by atoms with Crippen LogP contribution >= 0.6 is 0 Å². The maximum atomic E-state index is 13.1. The Morgan fingerprint density at radius 1 is 0.905 bits per heavy atom. The molecule has 0 bridgehead atoms. The van der Waals surface area contributed by atoms with Gasteiger partial charge in [-0.2, -0.15) is 0 Å². The number of amides is 2. The van der Waals surface area contributed by atoms with Crippen LogP contribution in [0.4, 0.5) is 0 Å². The Morgan fingerprint density at radius 3 is 2.24 bits per heavy atom. The number of carbonyl (C=O) groups excluding carboxylic acids is 2. The molecule has 0 spiro atoms. The van der Waals surface area contributed by atoms with Crippen LogP contribution in [0.5, 0.6) is 0 Å². The quantitative estimate of drug-likeness (QED) is 0.785. The first-order valence-electron chi connectivity index (χ1n) is 8.74. The van der Waals surface area contributed by atoms with Crippen molar-refractivity contribution in [1.29, 1.82) is 0 Å². The smallest absolute Gasteiger partial charge is 0.246 e. The number of piperidine rings is 1. The van der Waals surface area contributed by atoms with Crippen molar-refractivity contribution < 1.29 is 9.59 Å². The lowest BCUT2D eigenvalue weighted by atomic mass is 9.86. The van der Waals surface area contributed by atoms with E-state index >= 15 is 0 Å². The summed E-state index contributed by atoms with van der Waals surface area (Å²) in [5, 5.41) is 0. The van der Waals surface area contributed by atoms with Crippen molar-refractivity contribution in [2.45, 2.75) is 83.3 Å². The summed E-state index contributed by atoms with van der Waals surface area (Å²) in [7, 11) is 0. The van der Waals surface area contributed by atoms with E-state index in [0.717, 1.165) is 38.6 Å². The van der Waals surface area contributed by atoms with Gasteiger partial charge in [0.2, 0.25) is 11.8 Å². The van der Waals surface area contributed by atoms with E-state index in [0.29, 0.717) is 6.04 Å². The lowest BCUT2D eigenvalue weighted by molar-refractivity contribution is -0.169. The first-order chi connectivity index (χ1) is 10.1. The predicted octanol–water partition coefficient (Wildman–Crippen LogP) is 2.57. The average molecular weight is 292 g/mol. The molecule has 0 aromatic heterocycles. The van der Waals surface area contributed by atoms with E-state index in [1.165, 1.54) is 19.3 Å². The maximum absolute atomic E-state index is 13.1. The zero-order valence-electron chi connectivity index (χ0n) is 13.4. The fraction of sp³-hybridized carbons (Fsp3) is 0.882. The van der Waals surface area contributed by atoms with E-state index in [4.69, 9.17) is 0 Å². The van der Waals surface area contributed by atoms with Gasteiger partial charge in [0.05, 0.1) is 0 Å². The van der Waals surface area contributed by atoms with Crippen LogP contribution in [0, 0.1) is 5.92 Å². The summed E-state index contributed by atoms with van der Waals surface area (Å²) >= 11 is 0. The van der Waals surface area contributed by atoms with Crippen LogP contribution < -0.4 is 0 Å². The second-order valence-electron chi connectivity index (χ2n) is 7.27. The first-order valence-corrected chi connectivity index (χ1v) is 8.74. The lowest BCUT2D eigenvalue weighted by Gasteiger charge is -2.51. The Bertz CT molecular complexity index is 415. The molecular formula is C17H28N2O2. The van der Waals surface area contributed by atoms with Gasteiger partial charge in [0.15, 0.2) is 0 Å². The van der Waals surface area contributed by atoms with Gasteiger partial charge in [-0.15, -0.1) is 0 Å². The minimum atomic E-state index is -0.227. The van der Waals surface area contributed by atoms with Crippen molar-refractivity contribution in [3.63, 3.8) is 0 Å². The van der Waals surface area contributed by atoms with Crippen molar-refractivity contribution in [1.82, 2.24) is 9.80 Å². The number of hydrogen-bond acceptors (Lipinski definition) is 2. The number of carbonyl (C=O) groups is 2.